The van der Waals surface area contributed by atoms with Gasteiger partial charge in [-0.3, -0.25) is 0 Å². The average Bonchev–Trinajstić information content (AvgIpc) is 2.76. The minimum Gasteiger partial charge on any atom is -0.380 e. The van der Waals surface area contributed by atoms with Gasteiger partial charge in [0.05, 0.1) is 6.61 Å². The Labute approximate surface area is 125 Å². The number of ether oxygens (including phenoxy) is 1. The number of thiophene rings is 1. The van der Waals surface area contributed by atoms with Crippen molar-refractivity contribution < 1.29 is 13.2 Å². The minimum absolute atomic E-state index is 0.159. The van der Waals surface area contributed by atoms with E-state index >= 15 is 0 Å². The number of rotatable bonds is 8. The van der Waals surface area contributed by atoms with Gasteiger partial charge >= 0.3 is 0 Å². The monoisotopic (exact) mass is 320 g/mol. The van der Waals surface area contributed by atoms with Crippen molar-refractivity contribution in [2.45, 2.75) is 44.5 Å². The maximum atomic E-state index is 12.4. The van der Waals surface area contributed by atoms with Crippen LogP contribution in [0.4, 0.5) is 0 Å². The average molecular weight is 320 g/mol. The molecule has 1 atom stereocenters. The molecule has 1 unspecified atom stereocenters. The summed E-state index contributed by atoms with van der Waals surface area (Å²) in [5, 5.41) is 0. The first kappa shape index (κ1) is 17.6. The van der Waals surface area contributed by atoms with Crippen LogP contribution in [-0.2, 0) is 21.3 Å². The molecule has 0 fully saturated rings. The Kier molecular flexibility index (Phi) is 6.60. The van der Waals surface area contributed by atoms with Gasteiger partial charge in [0.1, 0.15) is 4.21 Å². The molecule has 0 aromatic carbocycles. The van der Waals surface area contributed by atoms with Crippen molar-refractivity contribution in [1.29, 1.82) is 0 Å². The predicted molar refractivity (Wildman–Crippen MR) is 82.4 cm³/mol. The zero-order chi connectivity index (χ0) is 15.3. The molecule has 0 spiro atoms. The minimum atomic E-state index is -3.51. The Morgan fingerprint density at radius 3 is 2.55 bits per heavy atom. The zero-order valence-electron chi connectivity index (χ0n) is 12.5. The van der Waals surface area contributed by atoms with Gasteiger partial charge in [0, 0.05) is 24.1 Å². The number of sulfonamides is 1. The first-order valence-corrected chi connectivity index (χ1v) is 9.01. The highest BCUT2D eigenvalue weighted by molar-refractivity contribution is 7.91. The van der Waals surface area contributed by atoms with E-state index in [4.69, 9.17) is 10.5 Å². The fourth-order valence-corrected chi connectivity index (χ4v) is 4.54. The van der Waals surface area contributed by atoms with E-state index in [9.17, 15) is 8.42 Å². The van der Waals surface area contributed by atoms with Crippen LogP contribution in [-0.4, -0.2) is 27.7 Å². The third kappa shape index (κ3) is 4.53. The van der Waals surface area contributed by atoms with Crippen molar-refractivity contribution in [2.24, 2.45) is 11.7 Å². The molecule has 116 valence electrons. The Bertz CT molecular complexity index is 524. The predicted octanol–water partition coefficient (Wildman–Crippen LogP) is 1.85. The maximum absolute atomic E-state index is 12.4. The first-order valence-electron chi connectivity index (χ1n) is 6.71. The smallest absolute Gasteiger partial charge is 0.250 e. The topological polar surface area (TPSA) is 81.4 Å². The van der Waals surface area contributed by atoms with Crippen LogP contribution in [0.2, 0.25) is 0 Å². The van der Waals surface area contributed by atoms with Crippen LogP contribution in [0, 0.1) is 12.8 Å². The van der Waals surface area contributed by atoms with Crippen molar-refractivity contribution in [3.8, 4) is 0 Å². The van der Waals surface area contributed by atoms with Crippen LogP contribution in [0.3, 0.4) is 0 Å². The molecule has 0 bridgehead atoms. The second-order valence-electron chi connectivity index (χ2n) is 5.01. The van der Waals surface area contributed by atoms with Crippen LogP contribution >= 0.6 is 11.3 Å². The van der Waals surface area contributed by atoms with Gasteiger partial charge in [-0.05, 0) is 31.4 Å². The second-order valence-corrected chi connectivity index (χ2v) is 8.08. The van der Waals surface area contributed by atoms with E-state index in [1.54, 1.807) is 6.07 Å². The normalized spacial score (nSPS) is 13.9. The van der Waals surface area contributed by atoms with Crippen molar-refractivity contribution >= 4 is 21.4 Å². The summed E-state index contributed by atoms with van der Waals surface area (Å²) in [4.78, 5) is 0.899. The molecule has 7 heteroatoms. The van der Waals surface area contributed by atoms with E-state index in [1.165, 1.54) is 11.3 Å². The fourth-order valence-electron chi connectivity index (χ4n) is 1.69. The summed E-state index contributed by atoms with van der Waals surface area (Å²) in [6.45, 7) is 9.01. The molecule has 1 aromatic heterocycles. The number of aryl methyl sites for hydroxylation is 1. The van der Waals surface area contributed by atoms with E-state index in [0.717, 1.165) is 10.4 Å². The van der Waals surface area contributed by atoms with Crippen molar-refractivity contribution in [2.75, 3.05) is 13.2 Å². The molecule has 0 amide bonds. The van der Waals surface area contributed by atoms with Crippen LogP contribution < -0.4 is 10.5 Å². The first-order chi connectivity index (χ1) is 9.31. The van der Waals surface area contributed by atoms with Crippen LogP contribution in [0.15, 0.2) is 10.3 Å². The Morgan fingerprint density at radius 2 is 2.10 bits per heavy atom. The van der Waals surface area contributed by atoms with Gasteiger partial charge in [-0.2, -0.15) is 0 Å². The molecular formula is C13H24N2O3S2. The van der Waals surface area contributed by atoms with Gasteiger partial charge < -0.3 is 10.5 Å². The van der Waals surface area contributed by atoms with Crippen LogP contribution in [0.1, 0.15) is 31.2 Å². The van der Waals surface area contributed by atoms with Crippen LogP contribution in [0.25, 0.3) is 0 Å². The number of hydrogen-bond donors (Lipinski definition) is 2. The van der Waals surface area contributed by atoms with Gasteiger partial charge in [0.2, 0.25) is 10.0 Å². The summed E-state index contributed by atoms with van der Waals surface area (Å²) in [5.74, 6) is 0.159. The molecule has 0 saturated carbocycles. The van der Waals surface area contributed by atoms with E-state index in [0.29, 0.717) is 24.0 Å². The summed E-state index contributed by atoms with van der Waals surface area (Å²) in [6.07, 6.45) is 0. The molecule has 0 aliphatic rings. The zero-order valence-corrected chi connectivity index (χ0v) is 14.1. The van der Waals surface area contributed by atoms with E-state index in [2.05, 4.69) is 4.72 Å². The Balaban J connectivity index is 2.91. The lowest BCUT2D eigenvalue weighted by atomic mass is 10.1. The number of nitrogens with one attached hydrogen (secondary N) is 1. The largest absolute Gasteiger partial charge is 0.380 e. The second kappa shape index (κ2) is 7.51. The summed E-state index contributed by atoms with van der Waals surface area (Å²) >= 11 is 1.23. The van der Waals surface area contributed by atoms with Gasteiger partial charge in [0.25, 0.3) is 0 Å². The highest BCUT2D eigenvalue weighted by Gasteiger charge is 2.24. The summed E-state index contributed by atoms with van der Waals surface area (Å²) in [7, 11) is -3.51. The molecule has 5 nitrogen and oxygen atoms in total. The molecule has 1 rings (SSSR count). The van der Waals surface area contributed by atoms with Gasteiger partial charge in [-0.1, -0.05) is 13.8 Å². The number of nitrogens with two attached hydrogens (primary N) is 1. The van der Waals surface area contributed by atoms with E-state index in [-0.39, 0.29) is 12.0 Å². The third-order valence-electron chi connectivity index (χ3n) is 3.06. The number of hydrogen-bond acceptors (Lipinski definition) is 5. The molecule has 0 radical (unpaired) electrons. The summed E-state index contributed by atoms with van der Waals surface area (Å²) in [5.41, 5.74) is 6.52. The third-order valence-corrected chi connectivity index (χ3v) is 6.28. The van der Waals surface area contributed by atoms with Crippen LogP contribution in [0.5, 0.6) is 0 Å². The van der Waals surface area contributed by atoms with E-state index in [1.807, 2.05) is 27.7 Å². The highest BCUT2D eigenvalue weighted by Crippen LogP contribution is 2.26. The molecule has 20 heavy (non-hydrogen) atoms. The SMILES string of the molecule is CCOCC(NS(=O)(=O)c1cc(C)c(CN)s1)C(C)C. The quantitative estimate of drug-likeness (QED) is 0.766. The molecule has 0 aliphatic heterocycles. The molecule has 0 saturated heterocycles. The Hall–Kier alpha value is -0.470. The van der Waals surface area contributed by atoms with Crippen molar-refractivity contribution in [1.82, 2.24) is 4.72 Å². The molecule has 1 aromatic rings. The standard InChI is InChI=1S/C13H24N2O3S2/c1-5-18-8-11(9(2)3)15-20(16,17)13-6-10(4)12(7-14)19-13/h6,9,11,15H,5,7-8,14H2,1-4H3. The molecule has 1 heterocycles. The molecule has 0 aliphatic carbocycles. The summed E-state index contributed by atoms with van der Waals surface area (Å²) in [6, 6.07) is 1.44. The fraction of sp³-hybridized carbons (Fsp3) is 0.692. The van der Waals surface area contributed by atoms with Gasteiger partial charge in [-0.25, -0.2) is 13.1 Å². The highest BCUT2D eigenvalue weighted by atomic mass is 32.2. The Morgan fingerprint density at radius 1 is 1.45 bits per heavy atom. The maximum Gasteiger partial charge on any atom is 0.250 e. The van der Waals surface area contributed by atoms with Gasteiger partial charge in [-0.15, -0.1) is 11.3 Å². The van der Waals surface area contributed by atoms with Crippen molar-refractivity contribution in [3.05, 3.63) is 16.5 Å². The van der Waals surface area contributed by atoms with Gasteiger partial charge in [0.15, 0.2) is 0 Å². The van der Waals surface area contributed by atoms with E-state index < -0.39 is 10.0 Å². The lowest BCUT2D eigenvalue weighted by Gasteiger charge is -2.21. The summed E-state index contributed by atoms with van der Waals surface area (Å²) < 4.78 is 33.2. The van der Waals surface area contributed by atoms with Crippen molar-refractivity contribution in [3.63, 3.8) is 0 Å². The lowest BCUT2D eigenvalue weighted by Crippen LogP contribution is -2.41. The molecule has 3 N–H and O–H groups in total. The lowest BCUT2D eigenvalue weighted by molar-refractivity contribution is 0.116. The molecular weight excluding hydrogens is 296 g/mol.